The normalized spacial score (nSPS) is 10.0. The molecular formula is C20H17N5O. The Morgan fingerprint density at radius 2 is 1.62 bits per heavy atom. The van der Waals surface area contributed by atoms with Crippen molar-refractivity contribution >= 4 is 23.1 Å². The number of nitrogens with zero attached hydrogens (tertiary/aromatic N) is 3. The van der Waals surface area contributed by atoms with E-state index in [0.29, 0.717) is 11.4 Å². The van der Waals surface area contributed by atoms with Crippen LogP contribution >= 0.6 is 0 Å². The number of carbonyl (C=O) groups is 1. The summed E-state index contributed by atoms with van der Waals surface area (Å²) in [5.74, 6) is 0.199. The highest BCUT2D eigenvalue weighted by Gasteiger charge is 2.09. The van der Waals surface area contributed by atoms with E-state index in [9.17, 15) is 4.79 Å². The van der Waals surface area contributed by atoms with E-state index in [4.69, 9.17) is 5.26 Å². The van der Waals surface area contributed by atoms with Gasteiger partial charge in [0, 0.05) is 11.4 Å². The van der Waals surface area contributed by atoms with Crippen LogP contribution in [0, 0.1) is 25.2 Å². The topological polar surface area (TPSA) is 90.7 Å². The molecule has 0 bridgehead atoms. The minimum Gasteiger partial charge on any atom is -0.339 e. The Morgan fingerprint density at radius 3 is 2.19 bits per heavy atom. The van der Waals surface area contributed by atoms with Crippen LogP contribution in [0.4, 0.5) is 17.2 Å². The van der Waals surface area contributed by atoms with Crippen LogP contribution in [0.3, 0.4) is 0 Å². The van der Waals surface area contributed by atoms with E-state index in [1.54, 1.807) is 36.4 Å². The first-order valence-corrected chi connectivity index (χ1v) is 8.04. The Balaban J connectivity index is 1.68. The summed E-state index contributed by atoms with van der Waals surface area (Å²) >= 11 is 0. The average molecular weight is 343 g/mol. The number of carbonyl (C=O) groups excluding carboxylic acids is 1. The average Bonchev–Trinajstić information content (AvgIpc) is 2.62. The zero-order valence-corrected chi connectivity index (χ0v) is 14.4. The van der Waals surface area contributed by atoms with Crippen molar-refractivity contribution in [2.45, 2.75) is 13.8 Å². The van der Waals surface area contributed by atoms with Crippen molar-refractivity contribution in [3.05, 3.63) is 77.0 Å². The van der Waals surface area contributed by atoms with Crippen molar-refractivity contribution in [3.63, 3.8) is 0 Å². The van der Waals surface area contributed by atoms with E-state index in [-0.39, 0.29) is 11.6 Å². The summed E-state index contributed by atoms with van der Waals surface area (Å²) in [7, 11) is 0. The molecule has 6 nitrogen and oxygen atoms in total. The molecule has 1 amide bonds. The lowest BCUT2D eigenvalue weighted by Crippen LogP contribution is -2.14. The van der Waals surface area contributed by atoms with E-state index in [1.165, 1.54) is 0 Å². The van der Waals surface area contributed by atoms with Gasteiger partial charge in [-0.1, -0.05) is 6.07 Å². The molecule has 1 aromatic heterocycles. The van der Waals surface area contributed by atoms with Gasteiger partial charge in [-0.2, -0.15) is 5.26 Å². The summed E-state index contributed by atoms with van der Waals surface area (Å²) in [6, 6.07) is 18.2. The third-order valence-corrected chi connectivity index (χ3v) is 3.66. The van der Waals surface area contributed by atoms with Crippen molar-refractivity contribution in [3.8, 4) is 6.07 Å². The summed E-state index contributed by atoms with van der Waals surface area (Å²) in [5, 5.41) is 22.7. The van der Waals surface area contributed by atoms with Gasteiger partial charge < -0.3 is 10.6 Å². The van der Waals surface area contributed by atoms with Gasteiger partial charge in [0.05, 0.1) is 11.6 Å². The van der Waals surface area contributed by atoms with Crippen molar-refractivity contribution in [1.29, 1.82) is 5.26 Å². The van der Waals surface area contributed by atoms with Crippen molar-refractivity contribution in [1.82, 2.24) is 10.2 Å². The first-order chi connectivity index (χ1) is 12.5. The van der Waals surface area contributed by atoms with E-state index < -0.39 is 0 Å². The minimum atomic E-state index is -0.313. The summed E-state index contributed by atoms with van der Waals surface area (Å²) in [6.45, 7) is 3.96. The third-order valence-electron chi connectivity index (χ3n) is 3.66. The number of benzene rings is 2. The number of amides is 1. The Bertz CT molecular complexity index is 952. The second-order valence-electron chi connectivity index (χ2n) is 5.95. The molecule has 0 fully saturated rings. The van der Waals surface area contributed by atoms with E-state index in [0.717, 1.165) is 22.5 Å². The maximum atomic E-state index is 12.3. The van der Waals surface area contributed by atoms with Crippen LogP contribution < -0.4 is 10.6 Å². The number of hydrogen-bond acceptors (Lipinski definition) is 5. The largest absolute Gasteiger partial charge is 0.339 e. The van der Waals surface area contributed by atoms with Crippen LogP contribution in [-0.2, 0) is 0 Å². The van der Waals surface area contributed by atoms with Crippen LogP contribution in [0.25, 0.3) is 0 Å². The molecule has 0 aliphatic carbocycles. The molecule has 2 aromatic carbocycles. The monoisotopic (exact) mass is 343 g/mol. The number of rotatable bonds is 4. The minimum absolute atomic E-state index is 0.231. The molecule has 128 valence electrons. The third kappa shape index (κ3) is 4.22. The maximum absolute atomic E-state index is 12.3. The predicted octanol–water partition coefficient (Wildman–Crippen LogP) is 3.96. The number of anilines is 3. The molecule has 0 saturated heterocycles. The van der Waals surface area contributed by atoms with Gasteiger partial charge in [-0.05, 0) is 73.5 Å². The zero-order chi connectivity index (χ0) is 18.5. The molecule has 0 aliphatic rings. The lowest BCUT2D eigenvalue weighted by molar-refractivity contribution is 0.102. The van der Waals surface area contributed by atoms with Crippen LogP contribution in [-0.4, -0.2) is 16.1 Å². The van der Waals surface area contributed by atoms with Crippen LogP contribution in [0.15, 0.2) is 54.6 Å². The summed E-state index contributed by atoms with van der Waals surface area (Å²) in [6.07, 6.45) is 0. The second kappa shape index (κ2) is 7.45. The highest BCUT2D eigenvalue weighted by atomic mass is 16.1. The first-order valence-electron chi connectivity index (χ1n) is 8.04. The van der Waals surface area contributed by atoms with Crippen LogP contribution in [0.2, 0.25) is 0 Å². The van der Waals surface area contributed by atoms with E-state index in [1.807, 2.05) is 32.0 Å². The molecule has 2 N–H and O–H groups in total. The summed E-state index contributed by atoms with van der Waals surface area (Å²) in [4.78, 5) is 12.3. The van der Waals surface area contributed by atoms with Crippen LogP contribution in [0.1, 0.15) is 27.2 Å². The molecule has 0 unspecified atom stereocenters. The van der Waals surface area contributed by atoms with Gasteiger partial charge >= 0.3 is 0 Å². The molecule has 3 aromatic rings. The first kappa shape index (κ1) is 17.1. The van der Waals surface area contributed by atoms with Gasteiger partial charge in [-0.3, -0.25) is 4.79 Å². The number of aryl methyl sites for hydroxylation is 2. The zero-order valence-electron chi connectivity index (χ0n) is 14.4. The molecule has 1 heterocycles. The lowest BCUT2D eigenvalue weighted by Gasteiger charge is -2.08. The second-order valence-corrected chi connectivity index (χ2v) is 5.95. The van der Waals surface area contributed by atoms with Crippen LogP contribution in [0.5, 0.6) is 0 Å². The van der Waals surface area contributed by atoms with E-state index >= 15 is 0 Å². The number of aromatic nitrogens is 2. The predicted molar refractivity (Wildman–Crippen MR) is 100 cm³/mol. The van der Waals surface area contributed by atoms with E-state index in [2.05, 4.69) is 26.9 Å². The fraction of sp³-hybridized carbons (Fsp3) is 0.100. The fourth-order valence-electron chi connectivity index (χ4n) is 2.54. The number of nitriles is 1. The summed E-state index contributed by atoms with van der Waals surface area (Å²) in [5.41, 5.74) is 4.48. The van der Waals surface area contributed by atoms with Gasteiger partial charge in [0.25, 0.3) is 5.91 Å². The Morgan fingerprint density at radius 1 is 0.923 bits per heavy atom. The van der Waals surface area contributed by atoms with Gasteiger partial charge in [0.1, 0.15) is 0 Å². The smallest absolute Gasteiger partial charge is 0.276 e. The maximum Gasteiger partial charge on any atom is 0.276 e. The molecule has 0 saturated carbocycles. The molecule has 0 spiro atoms. The summed E-state index contributed by atoms with van der Waals surface area (Å²) < 4.78 is 0. The highest BCUT2D eigenvalue weighted by Crippen LogP contribution is 2.16. The molecular weight excluding hydrogens is 326 g/mol. The molecule has 0 radical (unpaired) electrons. The van der Waals surface area contributed by atoms with Crippen molar-refractivity contribution in [2.24, 2.45) is 0 Å². The molecule has 3 rings (SSSR count). The van der Waals surface area contributed by atoms with Gasteiger partial charge in [0.2, 0.25) is 0 Å². The fourth-order valence-corrected chi connectivity index (χ4v) is 2.54. The van der Waals surface area contributed by atoms with Crippen molar-refractivity contribution in [2.75, 3.05) is 10.6 Å². The SMILES string of the molecule is Cc1cc(C)cc(NC(=O)c2ccc(Nc3ccc(C#N)cc3)nn2)c1. The van der Waals surface area contributed by atoms with Gasteiger partial charge in [0.15, 0.2) is 11.5 Å². The van der Waals surface area contributed by atoms with Crippen molar-refractivity contribution < 1.29 is 4.79 Å². The standard InChI is InChI=1S/C20H17N5O/c1-13-9-14(2)11-17(10-13)23-20(26)18-7-8-19(25-24-18)22-16-5-3-15(12-21)4-6-16/h3-11H,1-2H3,(H,22,25)(H,23,26). The lowest BCUT2D eigenvalue weighted by atomic mass is 10.1. The molecule has 26 heavy (non-hydrogen) atoms. The molecule has 6 heteroatoms. The quantitative estimate of drug-likeness (QED) is 0.748. The van der Waals surface area contributed by atoms with Gasteiger partial charge in [-0.25, -0.2) is 0 Å². The number of nitrogens with one attached hydrogen (secondary N) is 2. The Hall–Kier alpha value is -3.72. The molecule has 0 atom stereocenters. The molecule has 0 aliphatic heterocycles. The highest BCUT2D eigenvalue weighted by molar-refractivity contribution is 6.02. The number of hydrogen-bond donors (Lipinski definition) is 2. The van der Waals surface area contributed by atoms with Gasteiger partial charge in [-0.15, -0.1) is 10.2 Å². The Kier molecular flexibility index (Phi) is 4.90. The Labute approximate surface area is 151 Å².